The van der Waals surface area contributed by atoms with Crippen molar-refractivity contribution in [1.29, 1.82) is 0 Å². The normalized spacial score (nSPS) is 19.1. The smallest absolute Gasteiger partial charge is 0.350 e. The Kier molecular flexibility index (Phi) is 8.28. The first-order chi connectivity index (χ1) is 16.8. The number of carbonyl (C=O) groups excluding carboxylic acids is 1. The summed E-state index contributed by atoms with van der Waals surface area (Å²) in [4.78, 5) is 25.9. The molecule has 2 aromatic rings. The second kappa shape index (κ2) is 11.2. The first kappa shape index (κ1) is 25.8. The third-order valence-corrected chi connectivity index (χ3v) is 6.95. The molecule has 11 heteroatoms. The Morgan fingerprint density at radius 3 is 2.69 bits per heavy atom. The molecular formula is C24H33ClN4O6. The number of hydrogen-bond acceptors (Lipinski definition) is 7. The van der Waals surface area contributed by atoms with E-state index in [0.29, 0.717) is 37.6 Å². The number of nitrogens with one attached hydrogen (secondary N) is 1. The summed E-state index contributed by atoms with van der Waals surface area (Å²) in [6, 6.07) is 4.64. The molecule has 2 heterocycles. The van der Waals surface area contributed by atoms with Crippen molar-refractivity contribution in [3.05, 3.63) is 45.1 Å². The largest absolute Gasteiger partial charge is 0.389 e. The maximum Gasteiger partial charge on any atom is 0.350 e. The van der Waals surface area contributed by atoms with Crippen LogP contribution in [0.5, 0.6) is 0 Å². The molecule has 0 radical (unpaired) electrons. The molecule has 1 aromatic carbocycles. The van der Waals surface area contributed by atoms with Gasteiger partial charge in [0.15, 0.2) is 0 Å². The van der Waals surface area contributed by atoms with Crippen LogP contribution in [-0.2, 0) is 16.0 Å². The number of nitrogens with zero attached hydrogens (tertiary/aromatic N) is 3. The fourth-order valence-electron chi connectivity index (χ4n) is 4.42. The van der Waals surface area contributed by atoms with Gasteiger partial charge in [0.05, 0.1) is 54.3 Å². The number of aromatic nitrogens is 3. The minimum absolute atomic E-state index is 0.0212. The molecule has 1 saturated carbocycles. The van der Waals surface area contributed by atoms with Crippen molar-refractivity contribution in [1.82, 2.24) is 19.7 Å². The predicted molar refractivity (Wildman–Crippen MR) is 129 cm³/mol. The molecule has 192 valence electrons. The first-order valence-corrected chi connectivity index (χ1v) is 12.5. The van der Waals surface area contributed by atoms with Gasteiger partial charge in [0.1, 0.15) is 11.9 Å². The lowest BCUT2D eigenvalue weighted by molar-refractivity contribution is -0.144. The van der Waals surface area contributed by atoms with Crippen LogP contribution in [0.1, 0.15) is 54.7 Å². The van der Waals surface area contributed by atoms with Gasteiger partial charge in [-0.25, -0.2) is 4.79 Å². The average molecular weight is 509 g/mol. The van der Waals surface area contributed by atoms with E-state index in [4.69, 9.17) is 21.1 Å². The summed E-state index contributed by atoms with van der Waals surface area (Å²) in [5.41, 5.74) is -0.803. The van der Waals surface area contributed by atoms with Crippen molar-refractivity contribution in [3.63, 3.8) is 0 Å². The Hall–Kier alpha value is -2.24. The van der Waals surface area contributed by atoms with Crippen LogP contribution in [-0.4, -0.2) is 74.6 Å². The van der Waals surface area contributed by atoms with E-state index in [1.807, 2.05) is 0 Å². The Labute approximate surface area is 208 Å². The summed E-state index contributed by atoms with van der Waals surface area (Å²) in [6.07, 6.45) is 4.44. The number of rotatable bonds is 9. The zero-order valence-corrected chi connectivity index (χ0v) is 20.7. The summed E-state index contributed by atoms with van der Waals surface area (Å²) in [5, 5.41) is 28.5. The van der Waals surface area contributed by atoms with Gasteiger partial charge in [0.25, 0.3) is 5.91 Å². The van der Waals surface area contributed by atoms with Gasteiger partial charge in [-0.3, -0.25) is 9.36 Å². The van der Waals surface area contributed by atoms with E-state index in [2.05, 4.69) is 10.4 Å². The van der Waals surface area contributed by atoms with Gasteiger partial charge in [-0.2, -0.15) is 9.78 Å². The van der Waals surface area contributed by atoms with Gasteiger partial charge >= 0.3 is 5.69 Å². The number of aliphatic hydroxyl groups excluding tert-OH is 1. The van der Waals surface area contributed by atoms with Crippen LogP contribution in [0.3, 0.4) is 0 Å². The lowest BCUT2D eigenvalue weighted by atomic mass is 9.94. The number of amides is 1. The van der Waals surface area contributed by atoms with E-state index in [9.17, 15) is 19.8 Å². The second-order valence-corrected chi connectivity index (χ2v) is 9.89. The molecule has 1 aliphatic carbocycles. The number of aryl methyl sites for hydroxylation is 1. The van der Waals surface area contributed by atoms with Gasteiger partial charge in [0, 0.05) is 6.54 Å². The predicted octanol–water partition coefficient (Wildman–Crippen LogP) is 1.59. The average Bonchev–Trinajstić information content (AvgIpc) is 2.95. The van der Waals surface area contributed by atoms with Crippen LogP contribution in [0.15, 0.2) is 23.0 Å². The van der Waals surface area contributed by atoms with Crippen molar-refractivity contribution in [2.45, 2.75) is 69.8 Å². The van der Waals surface area contributed by atoms with Crippen molar-refractivity contribution in [3.8, 4) is 5.69 Å². The minimum Gasteiger partial charge on any atom is -0.389 e. The topological polar surface area (TPSA) is 128 Å². The third-order valence-electron chi connectivity index (χ3n) is 6.62. The van der Waals surface area contributed by atoms with Gasteiger partial charge < -0.3 is 25.0 Å². The second-order valence-electron chi connectivity index (χ2n) is 9.48. The molecule has 1 aliphatic heterocycles. The van der Waals surface area contributed by atoms with Crippen LogP contribution >= 0.6 is 11.6 Å². The molecule has 1 atom stereocenters. The number of carbonyl (C=O) groups is 1. The lowest BCUT2D eigenvalue weighted by Gasteiger charge is -2.27. The highest BCUT2D eigenvalue weighted by Gasteiger charge is 2.29. The van der Waals surface area contributed by atoms with Crippen LogP contribution in [0.4, 0.5) is 0 Å². The molecule has 3 N–H and O–H groups in total. The number of aliphatic hydroxyl groups is 2. The van der Waals surface area contributed by atoms with Crippen molar-refractivity contribution in [2.75, 3.05) is 26.4 Å². The van der Waals surface area contributed by atoms with Gasteiger partial charge in [-0.1, -0.05) is 37.3 Å². The zero-order chi connectivity index (χ0) is 25.0. The van der Waals surface area contributed by atoms with Crippen LogP contribution in [0.25, 0.3) is 5.69 Å². The van der Waals surface area contributed by atoms with E-state index in [0.717, 1.165) is 25.7 Å². The Morgan fingerprint density at radius 2 is 2.03 bits per heavy atom. The van der Waals surface area contributed by atoms with Crippen molar-refractivity contribution < 1.29 is 24.5 Å². The monoisotopic (exact) mass is 508 g/mol. The summed E-state index contributed by atoms with van der Waals surface area (Å²) in [6.45, 7) is 2.94. The molecule has 0 spiro atoms. The molecule has 4 rings (SSSR count). The zero-order valence-electron chi connectivity index (χ0n) is 19.9. The van der Waals surface area contributed by atoms with Crippen LogP contribution in [0.2, 0.25) is 5.02 Å². The molecule has 1 unspecified atom stereocenters. The highest BCUT2D eigenvalue weighted by Crippen LogP contribution is 2.27. The van der Waals surface area contributed by atoms with Gasteiger partial charge in [-0.05, 0) is 38.0 Å². The third kappa shape index (κ3) is 6.31. The molecule has 35 heavy (non-hydrogen) atoms. The molecular weight excluding hydrogens is 476 g/mol. The molecule has 10 nitrogen and oxygen atoms in total. The quantitative estimate of drug-likeness (QED) is 0.439. The van der Waals surface area contributed by atoms with Gasteiger partial charge in [-0.15, -0.1) is 0 Å². The summed E-state index contributed by atoms with van der Waals surface area (Å²) >= 11 is 6.29. The Balaban J connectivity index is 1.46. The molecule has 1 amide bonds. The highest BCUT2D eigenvalue weighted by atomic mass is 35.5. The maximum absolute atomic E-state index is 13.0. The minimum atomic E-state index is -0.917. The number of benzene rings is 1. The SMILES string of the molecule is Cc1nn(-c2ccc(Cl)c(C(=O)NCC3(O)CCCCCC3)c2)c(=O)n1CC(O)COC1COC1. The summed E-state index contributed by atoms with van der Waals surface area (Å²) in [5.74, 6) is -0.0103. The molecule has 0 bridgehead atoms. The summed E-state index contributed by atoms with van der Waals surface area (Å²) < 4.78 is 13.1. The molecule has 1 saturated heterocycles. The number of hydrogen-bond donors (Lipinski definition) is 3. The molecule has 1 aromatic heterocycles. The standard InChI is InChI=1S/C24H33ClN4O6/c1-16-27-29(23(32)28(16)11-18(30)12-35-19-13-34-14-19)17-6-7-21(25)20(10-17)22(31)26-15-24(33)8-4-2-3-5-9-24/h6-7,10,18-19,30,33H,2-5,8-9,11-15H2,1H3,(H,26,31). The number of halogens is 1. The first-order valence-electron chi connectivity index (χ1n) is 12.1. The number of ether oxygens (including phenoxy) is 2. The van der Waals surface area contributed by atoms with Crippen LogP contribution < -0.4 is 11.0 Å². The fraction of sp³-hybridized carbons (Fsp3) is 0.625. The van der Waals surface area contributed by atoms with Crippen molar-refractivity contribution in [2.24, 2.45) is 0 Å². The maximum atomic E-state index is 13.0. The van der Waals surface area contributed by atoms with E-state index < -0.39 is 23.3 Å². The summed E-state index contributed by atoms with van der Waals surface area (Å²) in [7, 11) is 0. The Bertz CT molecular complexity index is 1090. The van der Waals surface area contributed by atoms with E-state index >= 15 is 0 Å². The van der Waals surface area contributed by atoms with E-state index in [1.54, 1.807) is 13.0 Å². The van der Waals surface area contributed by atoms with Crippen molar-refractivity contribution >= 4 is 17.5 Å². The Morgan fingerprint density at radius 1 is 1.31 bits per heavy atom. The fourth-order valence-corrected chi connectivity index (χ4v) is 4.62. The van der Waals surface area contributed by atoms with E-state index in [1.165, 1.54) is 21.4 Å². The van der Waals surface area contributed by atoms with Crippen LogP contribution in [0, 0.1) is 6.92 Å². The molecule has 2 fully saturated rings. The highest BCUT2D eigenvalue weighted by molar-refractivity contribution is 6.33. The molecule has 2 aliphatic rings. The van der Waals surface area contributed by atoms with Gasteiger partial charge in [0.2, 0.25) is 0 Å². The van der Waals surface area contributed by atoms with E-state index in [-0.39, 0.29) is 36.4 Å². The lowest BCUT2D eigenvalue weighted by Crippen LogP contribution is -2.42.